The molecule has 0 fully saturated rings. The van der Waals surface area contributed by atoms with Crippen LogP contribution in [0, 0.1) is 0 Å². The van der Waals surface area contributed by atoms with Gasteiger partial charge in [0.1, 0.15) is 0 Å². The first-order chi connectivity index (χ1) is 12.8. The Balaban J connectivity index is 1.43. The molecule has 0 nitrogen and oxygen atoms in total. The van der Waals surface area contributed by atoms with E-state index in [4.69, 9.17) is 0 Å². The molecule has 26 heavy (non-hydrogen) atoms. The van der Waals surface area contributed by atoms with Crippen molar-refractivity contribution in [2.45, 2.75) is 90.4 Å². The first-order valence-electron chi connectivity index (χ1n) is 10.9. The van der Waals surface area contributed by atoms with E-state index in [9.17, 15) is 0 Å². The highest BCUT2D eigenvalue weighted by Gasteiger charge is 2.02. The molecule has 0 radical (unpaired) electrons. The van der Waals surface area contributed by atoms with Crippen LogP contribution in [0.2, 0.25) is 0 Å². The van der Waals surface area contributed by atoms with Crippen molar-refractivity contribution >= 4 is 0 Å². The van der Waals surface area contributed by atoms with Crippen molar-refractivity contribution in [2.24, 2.45) is 0 Å². The van der Waals surface area contributed by atoms with E-state index in [1.165, 1.54) is 87.3 Å². The van der Waals surface area contributed by atoms with Crippen molar-refractivity contribution in [1.82, 2.24) is 0 Å². The van der Waals surface area contributed by atoms with Crippen molar-refractivity contribution in [3.05, 3.63) is 71.3 Å². The van der Waals surface area contributed by atoms with Gasteiger partial charge in [-0.15, -0.1) is 0 Å². The summed E-state index contributed by atoms with van der Waals surface area (Å²) >= 11 is 0. The monoisotopic (exact) mass is 350 g/mol. The fourth-order valence-corrected chi connectivity index (χ4v) is 3.61. The fourth-order valence-electron chi connectivity index (χ4n) is 3.61. The minimum absolute atomic E-state index is 0.691. The molecule has 0 heterocycles. The minimum atomic E-state index is 0.691. The number of hydrogen-bond acceptors (Lipinski definition) is 0. The second-order valence-corrected chi connectivity index (χ2v) is 7.86. The molecule has 2 rings (SSSR count). The molecule has 2 aromatic carbocycles. The van der Waals surface area contributed by atoms with Crippen LogP contribution in [0.3, 0.4) is 0 Å². The van der Waals surface area contributed by atoms with Gasteiger partial charge in [0.15, 0.2) is 0 Å². The Morgan fingerprint density at radius 3 is 1.54 bits per heavy atom. The van der Waals surface area contributed by atoms with E-state index in [1.54, 1.807) is 0 Å². The summed E-state index contributed by atoms with van der Waals surface area (Å²) in [5.41, 5.74) is 4.49. The van der Waals surface area contributed by atoms with Crippen molar-refractivity contribution in [3.63, 3.8) is 0 Å². The van der Waals surface area contributed by atoms with Gasteiger partial charge in [-0.25, -0.2) is 0 Å². The van der Waals surface area contributed by atoms with Crippen LogP contribution in [0.4, 0.5) is 0 Å². The van der Waals surface area contributed by atoms with E-state index < -0.39 is 0 Å². The summed E-state index contributed by atoms with van der Waals surface area (Å²) in [6.07, 6.45) is 14.8. The maximum absolute atomic E-state index is 2.34. The number of aryl methyl sites for hydroxylation is 2. The lowest BCUT2D eigenvalue weighted by atomic mass is 9.96. The largest absolute Gasteiger partial charge is 0.0648 e. The molecule has 0 N–H and O–H groups in total. The Kier molecular flexibility index (Phi) is 10.2. The molecule has 0 spiro atoms. The maximum atomic E-state index is 2.34. The average molecular weight is 351 g/mol. The summed E-state index contributed by atoms with van der Waals surface area (Å²) in [6, 6.07) is 20.2. The van der Waals surface area contributed by atoms with Gasteiger partial charge in [-0.1, -0.05) is 107 Å². The zero-order chi connectivity index (χ0) is 18.5. The Morgan fingerprint density at radius 1 is 0.577 bits per heavy atom. The highest BCUT2D eigenvalue weighted by atomic mass is 14.1. The van der Waals surface area contributed by atoms with Crippen LogP contribution in [0.25, 0.3) is 0 Å². The van der Waals surface area contributed by atoms with Crippen LogP contribution in [-0.2, 0) is 12.8 Å². The molecule has 0 saturated carbocycles. The van der Waals surface area contributed by atoms with Gasteiger partial charge in [-0.2, -0.15) is 0 Å². The minimum Gasteiger partial charge on any atom is -0.0648 e. The van der Waals surface area contributed by atoms with Crippen LogP contribution >= 0.6 is 0 Å². The summed E-state index contributed by atoms with van der Waals surface area (Å²) in [6.45, 7) is 4.58. The van der Waals surface area contributed by atoms with Crippen molar-refractivity contribution in [2.75, 3.05) is 0 Å². The molecular weight excluding hydrogens is 312 g/mol. The van der Waals surface area contributed by atoms with Crippen LogP contribution in [0.15, 0.2) is 54.6 Å². The van der Waals surface area contributed by atoms with Crippen LogP contribution < -0.4 is 0 Å². The van der Waals surface area contributed by atoms with Gasteiger partial charge in [0.25, 0.3) is 0 Å². The summed E-state index contributed by atoms with van der Waals surface area (Å²) in [5, 5.41) is 0. The number of unbranched alkanes of at least 4 members (excludes halogenated alkanes) is 7. The van der Waals surface area contributed by atoms with E-state index in [-0.39, 0.29) is 0 Å². The molecule has 2 aromatic rings. The molecule has 1 atom stereocenters. The molecule has 0 aliphatic rings. The summed E-state index contributed by atoms with van der Waals surface area (Å²) in [7, 11) is 0. The Hall–Kier alpha value is -1.56. The summed E-state index contributed by atoms with van der Waals surface area (Å²) < 4.78 is 0. The summed E-state index contributed by atoms with van der Waals surface area (Å²) in [4.78, 5) is 0. The second-order valence-electron chi connectivity index (χ2n) is 7.86. The van der Waals surface area contributed by atoms with E-state index in [0.717, 1.165) is 0 Å². The molecular formula is C26H38. The van der Waals surface area contributed by atoms with Gasteiger partial charge in [0, 0.05) is 0 Å². The van der Waals surface area contributed by atoms with Gasteiger partial charge in [0.05, 0.1) is 0 Å². The molecule has 0 aromatic heterocycles. The maximum Gasteiger partial charge on any atom is -0.0193 e. The molecule has 1 unspecified atom stereocenters. The Morgan fingerprint density at radius 2 is 1.04 bits per heavy atom. The number of hydrogen-bond donors (Lipinski definition) is 0. The van der Waals surface area contributed by atoms with Crippen LogP contribution in [-0.4, -0.2) is 0 Å². The van der Waals surface area contributed by atoms with E-state index in [0.29, 0.717) is 5.92 Å². The lowest BCUT2D eigenvalue weighted by Gasteiger charge is -2.09. The highest BCUT2D eigenvalue weighted by molar-refractivity contribution is 5.25. The van der Waals surface area contributed by atoms with E-state index in [1.807, 2.05) is 0 Å². The Bertz CT molecular complexity index is 567. The predicted octanol–water partition coefficient (Wildman–Crippen LogP) is 8.11. The van der Waals surface area contributed by atoms with Gasteiger partial charge in [-0.3, -0.25) is 0 Å². The molecule has 0 aliphatic carbocycles. The third-order valence-corrected chi connectivity index (χ3v) is 5.68. The predicted molar refractivity (Wildman–Crippen MR) is 116 cm³/mol. The molecule has 142 valence electrons. The second kappa shape index (κ2) is 12.7. The van der Waals surface area contributed by atoms with Crippen molar-refractivity contribution in [1.29, 1.82) is 0 Å². The molecule has 0 bridgehead atoms. The highest BCUT2D eigenvalue weighted by Crippen LogP contribution is 2.19. The third-order valence-electron chi connectivity index (χ3n) is 5.68. The first-order valence-corrected chi connectivity index (χ1v) is 10.9. The number of benzene rings is 2. The first kappa shape index (κ1) is 20.7. The fraction of sp³-hybridized carbons (Fsp3) is 0.538. The topological polar surface area (TPSA) is 0 Å². The van der Waals surface area contributed by atoms with Crippen molar-refractivity contribution < 1.29 is 0 Å². The van der Waals surface area contributed by atoms with Crippen LogP contribution in [0.1, 0.15) is 94.2 Å². The van der Waals surface area contributed by atoms with E-state index in [2.05, 4.69) is 68.4 Å². The van der Waals surface area contributed by atoms with Gasteiger partial charge < -0.3 is 0 Å². The normalized spacial score (nSPS) is 12.2. The van der Waals surface area contributed by atoms with Crippen LogP contribution in [0.5, 0.6) is 0 Å². The standard InChI is InChI=1S/C26H38/c1-3-23(2)26-21-19-25(20-22-26)18-12-9-7-5-4-6-8-11-15-24-16-13-10-14-17-24/h10,13-14,16-17,19-23H,3-9,11-12,15,18H2,1-2H3. The quantitative estimate of drug-likeness (QED) is 0.320. The SMILES string of the molecule is CCC(C)c1ccc(CCCCCCCCCCc2ccccc2)cc1. The lowest BCUT2D eigenvalue weighted by Crippen LogP contribution is -1.92. The van der Waals surface area contributed by atoms with Gasteiger partial charge in [0.2, 0.25) is 0 Å². The zero-order valence-electron chi connectivity index (χ0n) is 17.1. The molecule has 0 saturated heterocycles. The average Bonchev–Trinajstić information content (AvgIpc) is 2.70. The third kappa shape index (κ3) is 8.21. The van der Waals surface area contributed by atoms with Gasteiger partial charge >= 0.3 is 0 Å². The van der Waals surface area contributed by atoms with Gasteiger partial charge in [-0.05, 0) is 54.7 Å². The zero-order valence-corrected chi connectivity index (χ0v) is 17.1. The molecule has 0 heteroatoms. The molecule has 0 aliphatic heterocycles. The van der Waals surface area contributed by atoms with Crippen molar-refractivity contribution in [3.8, 4) is 0 Å². The lowest BCUT2D eigenvalue weighted by molar-refractivity contribution is 0.567. The smallest absolute Gasteiger partial charge is 0.0193 e. The molecule has 0 amide bonds. The number of rotatable bonds is 13. The Labute approximate surface area is 162 Å². The summed E-state index contributed by atoms with van der Waals surface area (Å²) in [5.74, 6) is 0.691. The van der Waals surface area contributed by atoms with E-state index >= 15 is 0 Å².